The summed E-state index contributed by atoms with van der Waals surface area (Å²) in [5.41, 5.74) is 5.05. The van der Waals surface area contributed by atoms with Crippen molar-refractivity contribution in [3.05, 3.63) is 114 Å². The maximum absolute atomic E-state index is 14.5. The summed E-state index contributed by atoms with van der Waals surface area (Å²) in [7, 11) is 0. The Morgan fingerprint density at radius 3 is 2.28 bits per heavy atom. The second kappa shape index (κ2) is 11.2. The van der Waals surface area contributed by atoms with Crippen LogP contribution in [0.1, 0.15) is 37.7 Å². The van der Waals surface area contributed by atoms with Crippen LogP contribution in [0.25, 0.3) is 16.9 Å². The first kappa shape index (κ1) is 28.3. The standard InChI is InChI=1S/C31H27F2N5.Pt/c1-20-11-13-25(21(2)34-20)27-17-22(31(3,4)5)18-30(35-27)38(24-9-7-6-8-10-24)29-15-16-37(36-29)28-14-12-23(32)19-26(28)33;/h6-12,15-19H,1-5H3;/q-2;+2. The molecule has 0 aliphatic carbocycles. The number of hydrogen-bond acceptors (Lipinski definition) is 4. The molecule has 0 aliphatic heterocycles. The molecule has 0 radical (unpaired) electrons. The zero-order valence-electron chi connectivity index (χ0n) is 22.2. The van der Waals surface area contributed by atoms with Crippen LogP contribution in [0.2, 0.25) is 0 Å². The SMILES string of the molecule is Cc1c[c-]c(-c2cc(C(C)(C)C)cc(N(c3ccccc3)c3ccn(-c4[c-]cc(F)cc4F)n3)n2)c(C)n1.[Pt+2]. The molecule has 2 aromatic carbocycles. The van der Waals surface area contributed by atoms with Crippen molar-refractivity contribution in [3.8, 4) is 16.9 Å². The second-order valence-corrected chi connectivity index (χ2v) is 10.2. The molecule has 39 heavy (non-hydrogen) atoms. The number of para-hydroxylation sites is 1. The van der Waals surface area contributed by atoms with Gasteiger partial charge in [0.2, 0.25) is 0 Å². The van der Waals surface area contributed by atoms with E-state index in [4.69, 9.17) is 4.98 Å². The van der Waals surface area contributed by atoms with Gasteiger partial charge in [-0.15, -0.1) is 29.8 Å². The Balaban J connectivity index is 0.00000353. The summed E-state index contributed by atoms with van der Waals surface area (Å²) in [5, 5.41) is 4.64. The molecule has 0 fully saturated rings. The number of anilines is 3. The van der Waals surface area contributed by atoms with Crippen LogP contribution in [0.4, 0.5) is 26.1 Å². The van der Waals surface area contributed by atoms with E-state index in [0.29, 0.717) is 11.6 Å². The minimum Gasteiger partial charge on any atom is -0.354 e. The number of aromatic nitrogens is 4. The van der Waals surface area contributed by atoms with Gasteiger partial charge in [-0.2, -0.15) is 11.2 Å². The fourth-order valence-electron chi connectivity index (χ4n) is 4.21. The van der Waals surface area contributed by atoms with Gasteiger partial charge in [0.15, 0.2) is 5.82 Å². The Labute approximate surface area is 241 Å². The number of pyridine rings is 2. The Morgan fingerprint density at radius 1 is 0.872 bits per heavy atom. The molecule has 0 bridgehead atoms. The molecule has 0 atom stereocenters. The van der Waals surface area contributed by atoms with Gasteiger partial charge in [-0.3, -0.25) is 23.3 Å². The summed E-state index contributed by atoms with van der Waals surface area (Å²) < 4.78 is 29.3. The van der Waals surface area contributed by atoms with E-state index < -0.39 is 11.6 Å². The third-order valence-electron chi connectivity index (χ3n) is 6.18. The Morgan fingerprint density at radius 2 is 1.62 bits per heavy atom. The molecule has 0 aliphatic rings. The minimum absolute atomic E-state index is 0. The Hall–Kier alpha value is -3.70. The van der Waals surface area contributed by atoms with E-state index in [0.717, 1.165) is 46.0 Å². The maximum Gasteiger partial charge on any atom is 2.00 e. The summed E-state index contributed by atoms with van der Waals surface area (Å²) in [6.07, 6.45) is 1.62. The molecule has 0 unspecified atom stereocenters. The average Bonchev–Trinajstić information content (AvgIpc) is 3.33. The molecule has 8 heteroatoms. The van der Waals surface area contributed by atoms with Gasteiger partial charge in [-0.1, -0.05) is 58.9 Å². The molecule has 3 aromatic heterocycles. The quantitative estimate of drug-likeness (QED) is 0.177. The molecule has 5 nitrogen and oxygen atoms in total. The first-order valence-electron chi connectivity index (χ1n) is 12.3. The van der Waals surface area contributed by atoms with Gasteiger partial charge in [-0.25, -0.2) is 0 Å². The summed E-state index contributed by atoms with van der Waals surface area (Å²) in [4.78, 5) is 11.6. The van der Waals surface area contributed by atoms with Crippen LogP contribution in [0.3, 0.4) is 0 Å². The van der Waals surface area contributed by atoms with Crippen molar-refractivity contribution in [2.45, 2.75) is 40.0 Å². The van der Waals surface area contributed by atoms with Crippen LogP contribution in [-0.2, 0) is 26.5 Å². The normalized spacial score (nSPS) is 11.3. The number of aryl methyl sites for hydroxylation is 2. The van der Waals surface area contributed by atoms with E-state index in [1.165, 1.54) is 4.68 Å². The number of hydrogen-bond donors (Lipinski definition) is 0. The predicted octanol–water partition coefficient (Wildman–Crippen LogP) is 7.59. The number of halogens is 2. The molecule has 5 rings (SSSR count). The van der Waals surface area contributed by atoms with Gasteiger partial charge >= 0.3 is 21.1 Å². The molecule has 3 heterocycles. The average molecular weight is 703 g/mol. The molecule has 0 saturated carbocycles. The van der Waals surface area contributed by atoms with Gasteiger partial charge in [0.1, 0.15) is 5.82 Å². The van der Waals surface area contributed by atoms with Crippen LogP contribution in [0.5, 0.6) is 0 Å². The van der Waals surface area contributed by atoms with Crippen LogP contribution in [0.15, 0.2) is 72.9 Å². The van der Waals surface area contributed by atoms with Crippen molar-refractivity contribution < 1.29 is 29.8 Å². The topological polar surface area (TPSA) is 46.8 Å². The fourth-order valence-corrected chi connectivity index (χ4v) is 4.21. The molecule has 0 saturated heterocycles. The molecular weight excluding hydrogens is 675 g/mol. The third-order valence-corrected chi connectivity index (χ3v) is 6.18. The van der Waals surface area contributed by atoms with Crippen molar-refractivity contribution >= 4 is 17.3 Å². The summed E-state index contributed by atoms with van der Waals surface area (Å²) >= 11 is 0. The molecule has 0 spiro atoms. The van der Waals surface area contributed by atoms with Gasteiger partial charge in [0.25, 0.3) is 0 Å². The summed E-state index contributed by atoms with van der Waals surface area (Å²) in [5.74, 6) is -0.293. The number of benzene rings is 2. The van der Waals surface area contributed by atoms with Gasteiger partial charge < -0.3 is 4.98 Å². The van der Waals surface area contributed by atoms with Gasteiger partial charge in [0, 0.05) is 29.6 Å². The number of rotatable bonds is 5. The van der Waals surface area contributed by atoms with E-state index in [2.05, 4.69) is 49.1 Å². The zero-order chi connectivity index (χ0) is 27.0. The third kappa shape index (κ3) is 5.99. The van der Waals surface area contributed by atoms with Crippen LogP contribution in [0, 0.1) is 37.6 Å². The van der Waals surface area contributed by atoms with Crippen molar-refractivity contribution in [3.63, 3.8) is 0 Å². The van der Waals surface area contributed by atoms with Crippen LogP contribution in [-0.4, -0.2) is 19.7 Å². The first-order valence-corrected chi connectivity index (χ1v) is 12.3. The Kier molecular flexibility index (Phi) is 8.12. The molecular formula is C31H27F2N5Pt. The van der Waals surface area contributed by atoms with Gasteiger partial charge in [0.05, 0.1) is 0 Å². The van der Waals surface area contributed by atoms with Crippen molar-refractivity contribution in [2.75, 3.05) is 4.90 Å². The maximum atomic E-state index is 14.5. The molecule has 0 amide bonds. The van der Waals surface area contributed by atoms with Gasteiger partial charge in [-0.05, 0) is 51.9 Å². The summed E-state index contributed by atoms with van der Waals surface area (Å²) in [6.45, 7) is 10.3. The van der Waals surface area contributed by atoms with E-state index in [1.54, 1.807) is 12.3 Å². The first-order chi connectivity index (χ1) is 18.1. The second-order valence-electron chi connectivity index (χ2n) is 10.2. The van der Waals surface area contributed by atoms with Crippen LogP contribution >= 0.6 is 0 Å². The molecule has 200 valence electrons. The fraction of sp³-hybridized carbons (Fsp3) is 0.194. The van der Waals surface area contributed by atoms with Crippen molar-refractivity contribution in [2.24, 2.45) is 0 Å². The minimum atomic E-state index is -0.751. The molecule has 0 N–H and O–H groups in total. The van der Waals surface area contributed by atoms with E-state index in [9.17, 15) is 8.78 Å². The van der Waals surface area contributed by atoms with Crippen molar-refractivity contribution in [1.29, 1.82) is 0 Å². The predicted molar refractivity (Wildman–Crippen MR) is 145 cm³/mol. The van der Waals surface area contributed by atoms with Crippen molar-refractivity contribution in [1.82, 2.24) is 19.7 Å². The van der Waals surface area contributed by atoms with E-state index >= 15 is 0 Å². The monoisotopic (exact) mass is 702 g/mol. The molecule has 5 aromatic rings. The largest absolute Gasteiger partial charge is 2.00 e. The van der Waals surface area contributed by atoms with Crippen LogP contribution < -0.4 is 4.90 Å². The zero-order valence-corrected chi connectivity index (χ0v) is 24.5. The summed E-state index contributed by atoms with van der Waals surface area (Å²) in [6, 6.07) is 25.3. The smallest absolute Gasteiger partial charge is 0.354 e. The number of nitrogens with zero attached hydrogens (tertiary/aromatic N) is 5. The van der Waals surface area contributed by atoms with E-state index in [-0.39, 0.29) is 32.2 Å². The van der Waals surface area contributed by atoms with E-state index in [1.807, 2.05) is 61.2 Å². The Bertz CT molecular complexity index is 1610.